The standard InChI is InChI=1S/C16H15FN4O2S/c1-3-23-16(22)19-14-8-10(2)20-21(14)15-18-13(9-24-15)11-4-6-12(17)7-5-11/h4-9H,3H2,1-2H3,(H,19,22). The largest absolute Gasteiger partial charge is 0.450 e. The van der Waals surface area contributed by atoms with Crippen molar-refractivity contribution in [3.8, 4) is 16.4 Å². The molecule has 0 radical (unpaired) electrons. The molecule has 0 atom stereocenters. The minimum Gasteiger partial charge on any atom is -0.450 e. The molecule has 0 aliphatic carbocycles. The number of carbonyl (C=O) groups is 1. The van der Waals surface area contributed by atoms with Gasteiger partial charge in [0.05, 0.1) is 18.0 Å². The Hall–Kier alpha value is -2.74. The third-order valence-corrected chi connectivity index (χ3v) is 3.97. The molecule has 3 aromatic rings. The van der Waals surface area contributed by atoms with Crippen LogP contribution in [0.3, 0.4) is 0 Å². The average Bonchev–Trinajstić information content (AvgIpc) is 3.15. The van der Waals surface area contributed by atoms with Gasteiger partial charge in [0.1, 0.15) is 11.6 Å². The summed E-state index contributed by atoms with van der Waals surface area (Å²) >= 11 is 1.37. The molecule has 0 saturated carbocycles. The molecule has 2 heterocycles. The number of amides is 1. The summed E-state index contributed by atoms with van der Waals surface area (Å²) in [5.41, 5.74) is 2.26. The lowest BCUT2D eigenvalue weighted by atomic mass is 10.2. The number of hydrogen-bond acceptors (Lipinski definition) is 5. The number of thiazole rings is 1. The number of aromatic nitrogens is 3. The second-order valence-electron chi connectivity index (χ2n) is 4.95. The van der Waals surface area contributed by atoms with Crippen LogP contribution in [0.1, 0.15) is 12.6 Å². The highest BCUT2D eigenvalue weighted by Gasteiger charge is 2.14. The molecule has 0 bridgehead atoms. The summed E-state index contributed by atoms with van der Waals surface area (Å²) in [5, 5.41) is 9.44. The van der Waals surface area contributed by atoms with Crippen molar-refractivity contribution in [2.24, 2.45) is 0 Å². The van der Waals surface area contributed by atoms with Gasteiger partial charge in [-0.3, -0.25) is 5.32 Å². The van der Waals surface area contributed by atoms with Crippen LogP contribution < -0.4 is 5.32 Å². The summed E-state index contributed by atoms with van der Waals surface area (Å²) < 4.78 is 19.5. The Labute approximate surface area is 141 Å². The van der Waals surface area contributed by atoms with Crippen molar-refractivity contribution in [2.45, 2.75) is 13.8 Å². The van der Waals surface area contributed by atoms with E-state index in [1.807, 2.05) is 12.3 Å². The van der Waals surface area contributed by atoms with Gasteiger partial charge in [-0.05, 0) is 38.1 Å². The van der Waals surface area contributed by atoms with Crippen LogP contribution in [-0.2, 0) is 4.74 Å². The molecule has 0 aliphatic rings. The first-order valence-electron chi connectivity index (χ1n) is 7.29. The third-order valence-electron chi connectivity index (χ3n) is 3.15. The van der Waals surface area contributed by atoms with Crippen LogP contribution in [0.25, 0.3) is 16.4 Å². The zero-order chi connectivity index (χ0) is 17.1. The van der Waals surface area contributed by atoms with Gasteiger partial charge in [-0.2, -0.15) is 9.78 Å². The van der Waals surface area contributed by atoms with Crippen molar-refractivity contribution in [3.63, 3.8) is 0 Å². The molecule has 24 heavy (non-hydrogen) atoms. The highest BCUT2D eigenvalue weighted by molar-refractivity contribution is 7.12. The lowest BCUT2D eigenvalue weighted by Crippen LogP contribution is -2.16. The van der Waals surface area contributed by atoms with Gasteiger partial charge in [-0.1, -0.05) is 0 Å². The molecule has 1 aromatic carbocycles. The molecule has 0 fully saturated rings. The third kappa shape index (κ3) is 3.43. The lowest BCUT2D eigenvalue weighted by molar-refractivity contribution is 0.167. The first kappa shape index (κ1) is 16.1. The summed E-state index contributed by atoms with van der Waals surface area (Å²) in [7, 11) is 0. The zero-order valence-corrected chi connectivity index (χ0v) is 13.9. The molecule has 6 nitrogen and oxygen atoms in total. The van der Waals surface area contributed by atoms with E-state index in [0.29, 0.717) is 16.6 Å². The maximum atomic E-state index is 13.0. The molecular weight excluding hydrogens is 331 g/mol. The predicted molar refractivity (Wildman–Crippen MR) is 90.0 cm³/mol. The van der Waals surface area contributed by atoms with Crippen LogP contribution in [0.2, 0.25) is 0 Å². The van der Waals surface area contributed by atoms with Crippen LogP contribution >= 0.6 is 11.3 Å². The molecule has 0 aliphatic heterocycles. The topological polar surface area (TPSA) is 69.0 Å². The van der Waals surface area contributed by atoms with Crippen LogP contribution in [-0.4, -0.2) is 27.5 Å². The van der Waals surface area contributed by atoms with Gasteiger partial charge in [-0.25, -0.2) is 14.2 Å². The second-order valence-corrected chi connectivity index (χ2v) is 5.79. The van der Waals surface area contributed by atoms with Crippen molar-refractivity contribution in [3.05, 3.63) is 47.2 Å². The summed E-state index contributed by atoms with van der Waals surface area (Å²) in [6.07, 6.45) is -0.547. The minimum atomic E-state index is -0.547. The number of halogens is 1. The van der Waals surface area contributed by atoms with Gasteiger partial charge < -0.3 is 4.74 Å². The van der Waals surface area contributed by atoms with Gasteiger partial charge in [0, 0.05) is 17.0 Å². The number of nitrogens with zero attached hydrogens (tertiary/aromatic N) is 3. The minimum absolute atomic E-state index is 0.283. The normalized spacial score (nSPS) is 10.6. The van der Waals surface area contributed by atoms with Crippen molar-refractivity contribution >= 4 is 23.2 Å². The molecule has 3 rings (SSSR count). The van der Waals surface area contributed by atoms with Crippen molar-refractivity contribution in [1.82, 2.24) is 14.8 Å². The molecule has 1 N–H and O–H groups in total. The second kappa shape index (κ2) is 6.79. The van der Waals surface area contributed by atoms with Crippen LogP contribution in [0.5, 0.6) is 0 Å². The molecule has 0 saturated heterocycles. The summed E-state index contributed by atoms with van der Waals surface area (Å²) in [6, 6.07) is 7.84. The number of anilines is 1. The fourth-order valence-electron chi connectivity index (χ4n) is 2.12. The highest BCUT2D eigenvalue weighted by Crippen LogP contribution is 2.26. The fourth-order valence-corrected chi connectivity index (χ4v) is 2.92. The number of carbonyl (C=O) groups excluding carboxylic acids is 1. The molecule has 0 unspecified atom stereocenters. The van der Waals surface area contributed by atoms with E-state index in [4.69, 9.17) is 4.74 Å². The Balaban J connectivity index is 1.90. The Morgan fingerprint density at radius 3 is 2.83 bits per heavy atom. The van der Waals surface area contributed by atoms with E-state index in [9.17, 15) is 9.18 Å². The molecule has 1 amide bonds. The Bertz CT molecular complexity index is 857. The SMILES string of the molecule is CCOC(=O)Nc1cc(C)nn1-c1nc(-c2ccc(F)cc2)cs1. The highest BCUT2D eigenvalue weighted by atomic mass is 32.1. The average molecular weight is 346 g/mol. The number of aryl methyl sites for hydroxylation is 1. The first-order valence-corrected chi connectivity index (χ1v) is 8.17. The summed E-state index contributed by atoms with van der Waals surface area (Å²) in [6.45, 7) is 3.84. The van der Waals surface area contributed by atoms with E-state index in [2.05, 4.69) is 15.4 Å². The smallest absolute Gasteiger partial charge is 0.412 e. The van der Waals surface area contributed by atoms with Gasteiger partial charge >= 0.3 is 6.09 Å². The van der Waals surface area contributed by atoms with Crippen LogP contribution in [0.15, 0.2) is 35.7 Å². The fraction of sp³-hybridized carbons (Fsp3) is 0.188. The molecular formula is C16H15FN4O2S. The van der Waals surface area contributed by atoms with E-state index in [1.165, 1.54) is 23.5 Å². The number of benzene rings is 1. The van der Waals surface area contributed by atoms with E-state index >= 15 is 0 Å². The molecule has 8 heteroatoms. The number of ether oxygens (including phenoxy) is 1. The summed E-state index contributed by atoms with van der Waals surface area (Å²) in [4.78, 5) is 16.1. The van der Waals surface area contributed by atoms with Crippen LogP contribution in [0.4, 0.5) is 15.0 Å². The Kier molecular flexibility index (Phi) is 4.57. The monoisotopic (exact) mass is 346 g/mol. The van der Waals surface area contributed by atoms with E-state index < -0.39 is 6.09 Å². The maximum Gasteiger partial charge on any atom is 0.412 e. The Morgan fingerprint density at radius 1 is 1.38 bits per heavy atom. The van der Waals surface area contributed by atoms with E-state index in [-0.39, 0.29) is 12.4 Å². The maximum absolute atomic E-state index is 13.0. The van der Waals surface area contributed by atoms with Crippen molar-refractivity contribution in [1.29, 1.82) is 0 Å². The van der Waals surface area contributed by atoms with Gasteiger partial charge in [0.2, 0.25) is 5.13 Å². The Morgan fingerprint density at radius 2 is 2.12 bits per heavy atom. The zero-order valence-electron chi connectivity index (χ0n) is 13.1. The van der Waals surface area contributed by atoms with Crippen molar-refractivity contribution in [2.75, 3.05) is 11.9 Å². The number of nitrogens with one attached hydrogen (secondary N) is 1. The molecule has 124 valence electrons. The van der Waals surface area contributed by atoms with E-state index in [1.54, 1.807) is 29.8 Å². The first-order chi connectivity index (χ1) is 11.6. The molecule has 0 spiro atoms. The summed E-state index contributed by atoms with van der Waals surface area (Å²) in [5.74, 6) is 0.184. The van der Waals surface area contributed by atoms with Gasteiger partial charge in [0.15, 0.2) is 0 Å². The van der Waals surface area contributed by atoms with Crippen molar-refractivity contribution < 1.29 is 13.9 Å². The lowest BCUT2D eigenvalue weighted by Gasteiger charge is -2.06. The quantitative estimate of drug-likeness (QED) is 0.775. The number of rotatable bonds is 4. The molecule has 2 aromatic heterocycles. The van der Waals surface area contributed by atoms with Crippen LogP contribution in [0, 0.1) is 12.7 Å². The van der Waals surface area contributed by atoms with E-state index in [0.717, 1.165) is 11.3 Å². The number of hydrogen-bond donors (Lipinski definition) is 1. The van der Waals surface area contributed by atoms with Gasteiger partial charge in [0.25, 0.3) is 0 Å². The van der Waals surface area contributed by atoms with Gasteiger partial charge in [-0.15, -0.1) is 11.3 Å². The predicted octanol–water partition coefficient (Wildman–Crippen LogP) is 4.01.